The van der Waals surface area contributed by atoms with E-state index in [4.69, 9.17) is 5.73 Å². The summed E-state index contributed by atoms with van der Waals surface area (Å²) in [5, 5.41) is 4.65. The molecule has 53 valence electrons. The predicted molar refractivity (Wildman–Crippen MR) is 41.1 cm³/mol. The highest BCUT2D eigenvalue weighted by atomic mass is 32.1. The highest BCUT2D eigenvalue weighted by molar-refractivity contribution is 7.07. The summed E-state index contributed by atoms with van der Waals surface area (Å²) in [6.07, 6.45) is 0. The largest absolute Gasteiger partial charge is 0.321 e. The number of carbonyl (C=O) groups excluding carboxylic acids is 1. The Labute approximate surface area is 63.7 Å². The number of carbonyl (C=O) groups is 1. The molecule has 1 aromatic rings. The van der Waals surface area contributed by atoms with Gasteiger partial charge in [-0.1, -0.05) is 0 Å². The molecule has 1 radical (unpaired) electrons. The lowest BCUT2D eigenvalue weighted by Crippen LogP contribution is -2.26. The zero-order valence-electron chi connectivity index (χ0n) is 5.63. The van der Waals surface area contributed by atoms with Crippen LogP contribution in [-0.2, 0) is 0 Å². The van der Waals surface area contributed by atoms with E-state index in [1.54, 1.807) is 13.0 Å². The van der Waals surface area contributed by atoms with Gasteiger partial charge >= 0.3 is 0 Å². The van der Waals surface area contributed by atoms with E-state index in [9.17, 15) is 4.79 Å². The van der Waals surface area contributed by atoms with Gasteiger partial charge in [-0.2, -0.15) is 0 Å². The maximum Gasteiger partial charge on any atom is 0.180 e. The predicted octanol–water partition coefficient (Wildman–Crippen LogP) is 1.08. The fourth-order valence-corrected chi connectivity index (χ4v) is 1.18. The van der Waals surface area contributed by atoms with Crippen LogP contribution in [0.5, 0.6) is 0 Å². The number of thiophene rings is 1. The summed E-state index contributed by atoms with van der Waals surface area (Å²) in [5.74, 6) is -0.0405. The molecular formula is C7H8NOS. The normalized spacial score (nSPS) is 13.0. The van der Waals surface area contributed by atoms with Gasteiger partial charge in [0.2, 0.25) is 0 Å². The number of rotatable bonds is 2. The summed E-state index contributed by atoms with van der Waals surface area (Å²) in [7, 11) is 0. The van der Waals surface area contributed by atoms with Crippen molar-refractivity contribution in [1.29, 1.82) is 0 Å². The first-order valence-electron chi connectivity index (χ1n) is 2.97. The van der Waals surface area contributed by atoms with Gasteiger partial charge in [0.15, 0.2) is 5.78 Å². The van der Waals surface area contributed by atoms with Crippen LogP contribution in [0.3, 0.4) is 0 Å². The van der Waals surface area contributed by atoms with Crippen molar-refractivity contribution >= 4 is 17.1 Å². The molecule has 1 rings (SSSR count). The molecule has 0 spiro atoms. The van der Waals surface area contributed by atoms with Crippen molar-refractivity contribution < 1.29 is 4.79 Å². The maximum absolute atomic E-state index is 11.1. The van der Waals surface area contributed by atoms with Crippen LogP contribution in [-0.4, -0.2) is 11.8 Å². The maximum atomic E-state index is 11.1. The molecule has 0 aliphatic heterocycles. The Morgan fingerprint density at radius 1 is 1.90 bits per heavy atom. The summed E-state index contributed by atoms with van der Waals surface area (Å²) < 4.78 is 0. The topological polar surface area (TPSA) is 43.1 Å². The Morgan fingerprint density at radius 2 is 2.60 bits per heavy atom. The van der Waals surface area contributed by atoms with E-state index in [1.165, 1.54) is 11.3 Å². The monoisotopic (exact) mass is 154 g/mol. The Bertz CT molecular complexity index is 216. The summed E-state index contributed by atoms with van der Waals surface area (Å²) in [5.41, 5.74) is 5.96. The van der Waals surface area contributed by atoms with Crippen LogP contribution in [0.4, 0.5) is 0 Å². The van der Waals surface area contributed by atoms with E-state index in [2.05, 4.69) is 5.38 Å². The van der Waals surface area contributed by atoms with Gasteiger partial charge in [0.05, 0.1) is 11.4 Å². The molecule has 0 aromatic carbocycles. The molecule has 0 saturated heterocycles. The van der Waals surface area contributed by atoms with Gasteiger partial charge < -0.3 is 5.73 Å². The molecule has 1 atom stereocenters. The fourth-order valence-electron chi connectivity index (χ4n) is 0.611. The second-order valence-electron chi connectivity index (χ2n) is 2.09. The average Bonchev–Trinajstić information content (AvgIpc) is 2.36. The Balaban J connectivity index is 2.78. The summed E-state index contributed by atoms with van der Waals surface area (Å²) in [6.45, 7) is 1.67. The van der Waals surface area contributed by atoms with E-state index in [-0.39, 0.29) is 5.78 Å². The van der Waals surface area contributed by atoms with Crippen LogP contribution in [0, 0.1) is 5.38 Å². The molecule has 3 heteroatoms. The van der Waals surface area contributed by atoms with E-state index in [0.717, 1.165) is 0 Å². The minimum atomic E-state index is -0.411. The number of Topliss-reactive ketones (excluding diaryl/α,β-unsaturated/α-hetero) is 1. The Hall–Kier alpha value is -0.670. The molecule has 0 amide bonds. The van der Waals surface area contributed by atoms with Gasteiger partial charge in [-0.15, -0.1) is 11.3 Å². The first-order chi connectivity index (χ1) is 4.72. The van der Waals surface area contributed by atoms with Gasteiger partial charge in [0.25, 0.3) is 0 Å². The van der Waals surface area contributed by atoms with Gasteiger partial charge in [-0.05, 0) is 18.4 Å². The molecular weight excluding hydrogens is 146 g/mol. The Morgan fingerprint density at radius 3 is 3.00 bits per heavy atom. The molecule has 0 saturated carbocycles. The highest BCUT2D eigenvalue weighted by Crippen LogP contribution is 2.06. The fraction of sp³-hybridized carbons (Fsp3) is 0.286. The van der Waals surface area contributed by atoms with Crippen LogP contribution in [0.15, 0.2) is 11.4 Å². The second-order valence-corrected chi connectivity index (χ2v) is 2.80. The quantitative estimate of drug-likeness (QED) is 0.648. The molecule has 1 heterocycles. The molecule has 10 heavy (non-hydrogen) atoms. The number of nitrogens with two attached hydrogens (primary N) is 1. The third-order valence-corrected chi connectivity index (χ3v) is 1.76. The SMILES string of the molecule is C[C@@H](N)C(=O)c1[c]scc1. The zero-order chi connectivity index (χ0) is 7.56. The highest BCUT2D eigenvalue weighted by Gasteiger charge is 2.10. The Kier molecular flexibility index (Phi) is 2.19. The minimum absolute atomic E-state index is 0.0405. The minimum Gasteiger partial charge on any atom is -0.321 e. The van der Waals surface area contributed by atoms with Crippen molar-refractivity contribution in [2.75, 3.05) is 0 Å². The standard InChI is InChI=1S/C7H8NOS/c1-5(8)7(9)6-2-3-10-4-6/h2-3,5H,8H2,1H3/t5-/m1/s1. The molecule has 0 unspecified atom stereocenters. The van der Waals surface area contributed by atoms with Crippen LogP contribution >= 0.6 is 11.3 Å². The zero-order valence-corrected chi connectivity index (χ0v) is 6.44. The molecule has 0 bridgehead atoms. The number of hydrogen-bond donors (Lipinski definition) is 1. The van der Waals surface area contributed by atoms with Gasteiger partial charge in [-0.3, -0.25) is 4.79 Å². The van der Waals surface area contributed by atoms with Crippen LogP contribution in [0.25, 0.3) is 0 Å². The van der Waals surface area contributed by atoms with E-state index >= 15 is 0 Å². The smallest absolute Gasteiger partial charge is 0.180 e. The lowest BCUT2D eigenvalue weighted by atomic mass is 10.1. The van der Waals surface area contributed by atoms with Crippen molar-refractivity contribution in [3.8, 4) is 0 Å². The lowest BCUT2D eigenvalue weighted by Gasteiger charge is -1.98. The second kappa shape index (κ2) is 2.94. The number of ketones is 1. The lowest BCUT2D eigenvalue weighted by molar-refractivity contribution is 0.0968. The molecule has 0 aliphatic rings. The number of hydrogen-bond acceptors (Lipinski definition) is 3. The van der Waals surface area contributed by atoms with Gasteiger partial charge in [-0.25, -0.2) is 0 Å². The van der Waals surface area contributed by atoms with E-state index in [1.807, 2.05) is 5.38 Å². The first-order valence-corrected chi connectivity index (χ1v) is 3.84. The van der Waals surface area contributed by atoms with E-state index in [0.29, 0.717) is 5.56 Å². The van der Waals surface area contributed by atoms with Gasteiger partial charge in [0.1, 0.15) is 0 Å². The van der Waals surface area contributed by atoms with Crippen molar-refractivity contribution in [2.45, 2.75) is 13.0 Å². The molecule has 0 aliphatic carbocycles. The molecule has 0 fully saturated rings. The first kappa shape index (κ1) is 7.44. The van der Waals surface area contributed by atoms with Crippen molar-refractivity contribution in [3.05, 3.63) is 22.4 Å². The third-order valence-electron chi connectivity index (χ3n) is 1.15. The molecule has 2 nitrogen and oxygen atoms in total. The van der Waals surface area contributed by atoms with Crippen LogP contribution in [0.2, 0.25) is 0 Å². The van der Waals surface area contributed by atoms with E-state index < -0.39 is 6.04 Å². The van der Waals surface area contributed by atoms with Crippen molar-refractivity contribution in [2.24, 2.45) is 5.73 Å². The van der Waals surface area contributed by atoms with Crippen molar-refractivity contribution in [1.82, 2.24) is 0 Å². The molecule has 2 N–H and O–H groups in total. The third kappa shape index (κ3) is 1.43. The summed E-state index contributed by atoms with van der Waals surface area (Å²) in [4.78, 5) is 11.1. The van der Waals surface area contributed by atoms with Crippen LogP contribution in [0.1, 0.15) is 17.3 Å². The van der Waals surface area contributed by atoms with Crippen molar-refractivity contribution in [3.63, 3.8) is 0 Å². The van der Waals surface area contributed by atoms with Gasteiger partial charge in [0, 0.05) is 5.56 Å². The average molecular weight is 154 g/mol. The molecule has 1 aromatic heterocycles. The summed E-state index contributed by atoms with van der Waals surface area (Å²) >= 11 is 1.38. The summed E-state index contributed by atoms with van der Waals surface area (Å²) in [6, 6.07) is 1.32. The van der Waals surface area contributed by atoms with Crippen LogP contribution < -0.4 is 5.73 Å².